The van der Waals surface area contributed by atoms with Gasteiger partial charge in [-0.25, -0.2) is 14.3 Å². The molecule has 22 heavy (non-hydrogen) atoms. The number of fused-ring (bicyclic) bond motifs is 1. The Hall–Kier alpha value is -3.02. The van der Waals surface area contributed by atoms with Gasteiger partial charge in [-0.2, -0.15) is 5.10 Å². The van der Waals surface area contributed by atoms with Crippen LogP contribution in [0, 0.1) is 0 Å². The molecule has 0 aliphatic heterocycles. The minimum Gasteiger partial charge on any atom is -0.248 e. The lowest BCUT2D eigenvalue weighted by molar-refractivity contribution is 0.647. The predicted molar refractivity (Wildman–Crippen MR) is 82.2 cm³/mol. The number of rotatable bonds is 4. The number of nitrogens with zero attached hydrogens (tertiary/aromatic N) is 6. The fraction of sp³-hybridized carbons (Fsp3) is 0.125. The lowest BCUT2D eigenvalue weighted by atomic mass is 10.0. The maximum atomic E-state index is 4.20. The Morgan fingerprint density at radius 2 is 1.82 bits per heavy atom. The van der Waals surface area contributed by atoms with Gasteiger partial charge in [0.05, 0.1) is 19.3 Å². The van der Waals surface area contributed by atoms with Gasteiger partial charge in [-0.15, -0.1) is 5.10 Å². The SMILES string of the molecule is c1ccc2c(Cn3cc(Cn4cncn4)nn3)cccc2c1. The van der Waals surface area contributed by atoms with Crippen molar-refractivity contribution in [1.29, 1.82) is 0 Å². The van der Waals surface area contributed by atoms with E-state index in [0.29, 0.717) is 13.1 Å². The molecule has 6 nitrogen and oxygen atoms in total. The summed E-state index contributed by atoms with van der Waals surface area (Å²) in [4.78, 5) is 3.92. The van der Waals surface area contributed by atoms with Crippen LogP contribution in [0.4, 0.5) is 0 Å². The highest BCUT2D eigenvalue weighted by molar-refractivity contribution is 5.85. The first kappa shape index (κ1) is 12.7. The van der Waals surface area contributed by atoms with Gasteiger partial charge < -0.3 is 0 Å². The van der Waals surface area contributed by atoms with Gasteiger partial charge in [0.15, 0.2) is 0 Å². The molecule has 0 N–H and O–H groups in total. The predicted octanol–water partition coefficient (Wildman–Crippen LogP) is 2.12. The lowest BCUT2D eigenvalue weighted by Gasteiger charge is -2.05. The van der Waals surface area contributed by atoms with Crippen LogP contribution in [-0.2, 0) is 13.1 Å². The standard InChI is InChI=1S/C16H14N6/c1-2-7-16-13(4-1)5-3-6-14(16)8-21-9-15(19-20-21)10-22-12-17-11-18-22/h1-7,9,11-12H,8,10H2. The van der Waals surface area contributed by atoms with Crippen LogP contribution >= 0.6 is 0 Å². The molecule has 2 aromatic carbocycles. The molecular formula is C16H14N6. The van der Waals surface area contributed by atoms with Crippen LogP contribution in [0.5, 0.6) is 0 Å². The van der Waals surface area contributed by atoms with Gasteiger partial charge in [-0.1, -0.05) is 47.7 Å². The average molecular weight is 290 g/mol. The minimum absolute atomic E-state index is 0.579. The van der Waals surface area contributed by atoms with E-state index in [-0.39, 0.29) is 0 Å². The Labute approximate surface area is 127 Å². The molecular weight excluding hydrogens is 276 g/mol. The van der Waals surface area contributed by atoms with Gasteiger partial charge in [0, 0.05) is 0 Å². The van der Waals surface area contributed by atoms with Crippen molar-refractivity contribution in [2.45, 2.75) is 13.1 Å². The molecule has 0 amide bonds. The van der Waals surface area contributed by atoms with Gasteiger partial charge >= 0.3 is 0 Å². The largest absolute Gasteiger partial charge is 0.248 e. The first-order valence-electron chi connectivity index (χ1n) is 7.06. The van der Waals surface area contributed by atoms with Crippen LogP contribution in [0.1, 0.15) is 11.3 Å². The molecule has 0 saturated heterocycles. The normalized spacial score (nSPS) is 11.1. The van der Waals surface area contributed by atoms with Crippen LogP contribution < -0.4 is 0 Å². The first-order valence-corrected chi connectivity index (χ1v) is 7.06. The molecule has 0 bridgehead atoms. The van der Waals surface area contributed by atoms with E-state index in [0.717, 1.165) is 5.69 Å². The zero-order valence-corrected chi connectivity index (χ0v) is 11.9. The fourth-order valence-corrected chi connectivity index (χ4v) is 2.57. The molecule has 0 aliphatic carbocycles. The second-order valence-corrected chi connectivity index (χ2v) is 5.14. The Balaban J connectivity index is 1.59. The van der Waals surface area contributed by atoms with Gasteiger partial charge in [0.1, 0.15) is 18.3 Å². The molecule has 0 fully saturated rings. The molecule has 0 radical (unpaired) electrons. The Morgan fingerprint density at radius 3 is 2.73 bits per heavy atom. The third kappa shape index (κ3) is 2.46. The van der Waals surface area contributed by atoms with Gasteiger partial charge in [0.2, 0.25) is 0 Å². The third-order valence-corrected chi connectivity index (χ3v) is 3.59. The summed E-state index contributed by atoms with van der Waals surface area (Å²) in [7, 11) is 0. The van der Waals surface area contributed by atoms with Crippen molar-refractivity contribution in [3.05, 3.63) is 72.6 Å². The second-order valence-electron chi connectivity index (χ2n) is 5.14. The van der Waals surface area contributed by atoms with Gasteiger partial charge in [-0.05, 0) is 16.3 Å². The smallest absolute Gasteiger partial charge is 0.137 e. The number of hydrogen-bond donors (Lipinski definition) is 0. The summed E-state index contributed by atoms with van der Waals surface area (Å²) in [5.74, 6) is 0. The summed E-state index contributed by atoms with van der Waals surface area (Å²) in [6, 6.07) is 14.7. The first-order chi connectivity index (χ1) is 10.9. The highest BCUT2D eigenvalue weighted by Gasteiger charge is 2.05. The summed E-state index contributed by atoms with van der Waals surface area (Å²) in [5, 5.41) is 15.0. The van der Waals surface area contributed by atoms with E-state index in [1.54, 1.807) is 11.0 Å². The fourth-order valence-electron chi connectivity index (χ4n) is 2.57. The van der Waals surface area contributed by atoms with Crippen LogP contribution in [-0.4, -0.2) is 29.8 Å². The van der Waals surface area contributed by atoms with Gasteiger partial charge in [0.25, 0.3) is 0 Å². The monoisotopic (exact) mass is 290 g/mol. The second kappa shape index (κ2) is 5.40. The molecule has 0 atom stereocenters. The van der Waals surface area contributed by atoms with Crippen LogP contribution in [0.3, 0.4) is 0 Å². The molecule has 4 rings (SSSR count). The van der Waals surface area contributed by atoms with Crippen LogP contribution in [0.2, 0.25) is 0 Å². The Kier molecular flexibility index (Phi) is 3.12. The van der Waals surface area contributed by atoms with Crippen molar-refractivity contribution in [3.63, 3.8) is 0 Å². The van der Waals surface area contributed by atoms with Crippen molar-refractivity contribution < 1.29 is 0 Å². The molecule has 108 valence electrons. The van der Waals surface area contributed by atoms with E-state index < -0.39 is 0 Å². The van der Waals surface area contributed by atoms with E-state index in [1.165, 1.54) is 22.7 Å². The van der Waals surface area contributed by atoms with Crippen LogP contribution in [0.15, 0.2) is 61.3 Å². The highest BCUT2D eigenvalue weighted by Crippen LogP contribution is 2.19. The summed E-state index contributed by atoms with van der Waals surface area (Å²) >= 11 is 0. The molecule has 0 saturated carbocycles. The summed E-state index contributed by atoms with van der Waals surface area (Å²) in [6.07, 6.45) is 5.13. The molecule has 0 aliphatic rings. The molecule has 2 aromatic heterocycles. The molecule has 0 unspecified atom stereocenters. The van der Waals surface area contributed by atoms with E-state index in [1.807, 2.05) is 10.9 Å². The quantitative estimate of drug-likeness (QED) is 0.577. The maximum Gasteiger partial charge on any atom is 0.137 e. The maximum absolute atomic E-state index is 4.20. The lowest BCUT2D eigenvalue weighted by Crippen LogP contribution is -2.01. The number of aromatic nitrogens is 6. The van der Waals surface area contributed by atoms with E-state index in [2.05, 4.69) is 62.9 Å². The molecule has 2 heterocycles. The molecule has 0 spiro atoms. The van der Waals surface area contributed by atoms with Crippen molar-refractivity contribution in [2.75, 3.05) is 0 Å². The zero-order chi connectivity index (χ0) is 14.8. The zero-order valence-electron chi connectivity index (χ0n) is 11.9. The van der Waals surface area contributed by atoms with E-state index >= 15 is 0 Å². The molecule has 6 heteroatoms. The van der Waals surface area contributed by atoms with Crippen molar-refractivity contribution in [1.82, 2.24) is 29.8 Å². The summed E-state index contributed by atoms with van der Waals surface area (Å²) in [6.45, 7) is 1.28. The number of benzene rings is 2. The van der Waals surface area contributed by atoms with Crippen molar-refractivity contribution in [3.8, 4) is 0 Å². The Morgan fingerprint density at radius 1 is 0.909 bits per heavy atom. The highest BCUT2D eigenvalue weighted by atomic mass is 15.4. The van der Waals surface area contributed by atoms with Crippen LogP contribution in [0.25, 0.3) is 10.8 Å². The Bertz CT molecular complexity index is 889. The number of hydrogen-bond acceptors (Lipinski definition) is 4. The minimum atomic E-state index is 0.579. The summed E-state index contributed by atoms with van der Waals surface area (Å²) in [5.41, 5.74) is 2.10. The van der Waals surface area contributed by atoms with E-state index in [9.17, 15) is 0 Å². The van der Waals surface area contributed by atoms with Crippen molar-refractivity contribution in [2.24, 2.45) is 0 Å². The topological polar surface area (TPSA) is 61.4 Å². The van der Waals surface area contributed by atoms with Crippen molar-refractivity contribution >= 4 is 10.8 Å². The van der Waals surface area contributed by atoms with E-state index in [4.69, 9.17) is 0 Å². The third-order valence-electron chi connectivity index (χ3n) is 3.59. The summed E-state index contributed by atoms with van der Waals surface area (Å²) < 4.78 is 3.58. The average Bonchev–Trinajstić information content (AvgIpc) is 3.20. The molecule has 4 aromatic rings. The van der Waals surface area contributed by atoms with Gasteiger partial charge in [-0.3, -0.25) is 0 Å².